The molecular formula is C22H22N2O5S. The van der Waals surface area contributed by atoms with Crippen LogP contribution in [0.4, 0.5) is 11.4 Å². The number of hydrogen-bond acceptors (Lipinski definition) is 5. The Hall–Kier alpha value is -3.52. The highest BCUT2D eigenvalue weighted by molar-refractivity contribution is 7.92. The number of sulfonamides is 1. The van der Waals surface area contributed by atoms with Crippen LogP contribution in [0.25, 0.3) is 0 Å². The predicted octanol–water partition coefficient (Wildman–Crippen LogP) is 4.07. The summed E-state index contributed by atoms with van der Waals surface area (Å²) in [5.74, 6) is 0.515. The van der Waals surface area contributed by atoms with E-state index in [9.17, 15) is 13.2 Å². The number of methoxy groups -OCH3 is 2. The molecule has 156 valence electrons. The Morgan fingerprint density at radius 2 is 1.53 bits per heavy atom. The maximum absolute atomic E-state index is 12.7. The van der Waals surface area contributed by atoms with Crippen molar-refractivity contribution in [2.75, 3.05) is 24.3 Å². The number of ether oxygens (including phenoxy) is 2. The fourth-order valence-corrected chi connectivity index (χ4v) is 3.91. The Morgan fingerprint density at radius 3 is 2.20 bits per heavy atom. The average Bonchev–Trinajstić information content (AvgIpc) is 2.74. The van der Waals surface area contributed by atoms with Gasteiger partial charge in [0.2, 0.25) is 0 Å². The summed E-state index contributed by atoms with van der Waals surface area (Å²) in [6.07, 6.45) is 0. The topological polar surface area (TPSA) is 93.7 Å². The monoisotopic (exact) mass is 426 g/mol. The molecule has 0 radical (unpaired) electrons. The first-order valence-corrected chi connectivity index (χ1v) is 10.5. The summed E-state index contributed by atoms with van der Waals surface area (Å²) < 4.78 is 38.5. The van der Waals surface area contributed by atoms with Crippen molar-refractivity contribution < 1.29 is 22.7 Å². The molecular weight excluding hydrogens is 404 g/mol. The van der Waals surface area contributed by atoms with Gasteiger partial charge in [-0.1, -0.05) is 18.2 Å². The van der Waals surface area contributed by atoms with Crippen molar-refractivity contribution in [1.82, 2.24) is 0 Å². The number of nitrogens with one attached hydrogen (secondary N) is 2. The lowest BCUT2D eigenvalue weighted by Crippen LogP contribution is -2.15. The average molecular weight is 426 g/mol. The molecule has 3 aromatic carbocycles. The summed E-state index contributed by atoms with van der Waals surface area (Å²) in [5.41, 5.74) is 2.08. The summed E-state index contributed by atoms with van der Waals surface area (Å²) in [7, 11) is -0.871. The molecule has 30 heavy (non-hydrogen) atoms. The van der Waals surface area contributed by atoms with E-state index in [4.69, 9.17) is 9.47 Å². The van der Waals surface area contributed by atoms with Gasteiger partial charge in [-0.15, -0.1) is 0 Å². The van der Waals surface area contributed by atoms with Gasteiger partial charge in [-0.25, -0.2) is 8.42 Å². The van der Waals surface area contributed by atoms with E-state index in [1.54, 1.807) is 36.4 Å². The van der Waals surface area contributed by atoms with Crippen molar-refractivity contribution >= 4 is 27.3 Å². The molecule has 8 heteroatoms. The van der Waals surface area contributed by atoms with Crippen LogP contribution >= 0.6 is 0 Å². The Labute approximate surface area is 175 Å². The van der Waals surface area contributed by atoms with Gasteiger partial charge in [0.1, 0.15) is 11.5 Å². The van der Waals surface area contributed by atoms with Gasteiger partial charge in [-0.2, -0.15) is 0 Å². The van der Waals surface area contributed by atoms with Gasteiger partial charge in [0.05, 0.1) is 30.4 Å². The summed E-state index contributed by atoms with van der Waals surface area (Å²) >= 11 is 0. The number of hydrogen-bond donors (Lipinski definition) is 2. The van der Waals surface area contributed by atoms with E-state index in [1.165, 1.54) is 38.5 Å². The van der Waals surface area contributed by atoms with Gasteiger partial charge in [-0.3, -0.25) is 9.52 Å². The van der Waals surface area contributed by atoms with Gasteiger partial charge in [0.15, 0.2) is 0 Å². The van der Waals surface area contributed by atoms with Crippen LogP contribution in [0.15, 0.2) is 71.6 Å². The lowest BCUT2D eigenvalue weighted by Gasteiger charge is -2.13. The van der Waals surface area contributed by atoms with Crippen LogP contribution in [-0.2, 0) is 10.0 Å². The normalized spacial score (nSPS) is 10.9. The van der Waals surface area contributed by atoms with Crippen molar-refractivity contribution in [3.05, 3.63) is 77.9 Å². The third kappa shape index (κ3) is 4.72. The van der Waals surface area contributed by atoms with E-state index in [0.29, 0.717) is 28.4 Å². The SMILES string of the molecule is COc1ccc(C)cc1NS(=O)(=O)c1ccc(NC(=O)c2ccccc2OC)cc1. The van der Waals surface area contributed by atoms with Gasteiger partial charge >= 0.3 is 0 Å². The van der Waals surface area contributed by atoms with Gasteiger partial charge in [-0.05, 0) is 61.0 Å². The maximum Gasteiger partial charge on any atom is 0.262 e. The largest absolute Gasteiger partial charge is 0.496 e. The van der Waals surface area contributed by atoms with Crippen molar-refractivity contribution in [3.8, 4) is 11.5 Å². The molecule has 0 fully saturated rings. The Morgan fingerprint density at radius 1 is 0.867 bits per heavy atom. The van der Waals surface area contributed by atoms with Crippen LogP contribution < -0.4 is 19.5 Å². The zero-order chi connectivity index (χ0) is 21.7. The second-order valence-corrected chi connectivity index (χ2v) is 8.17. The summed E-state index contributed by atoms with van der Waals surface area (Å²) in [5, 5.41) is 2.73. The highest BCUT2D eigenvalue weighted by Gasteiger charge is 2.17. The van der Waals surface area contributed by atoms with E-state index >= 15 is 0 Å². The second-order valence-electron chi connectivity index (χ2n) is 6.49. The number of anilines is 2. The maximum atomic E-state index is 12.7. The third-order valence-corrected chi connectivity index (χ3v) is 5.75. The number of rotatable bonds is 7. The van der Waals surface area contributed by atoms with Crippen molar-refractivity contribution in [2.45, 2.75) is 11.8 Å². The number of para-hydroxylation sites is 1. The minimum absolute atomic E-state index is 0.0568. The minimum Gasteiger partial charge on any atom is -0.496 e. The van der Waals surface area contributed by atoms with Crippen LogP contribution in [-0.4, -0.2) is 28.5 Å². The number of carbonyl (C=O) groups is 1. The molecule has 0 aliphatic carbocycles. The van der Waals surface area contributed by atoms with Crippen LogP contribution in [0.2, 0.25) is 0 Å². The molecule has 3 aromatic rings. The second kappa shape index (κ2) is 8.87. The molecule has 0 spiro atoms. The first-order chi connectivity index (χ1) is 14.3. The highest BCUT2D eigenvalue weighted by atomic mass is 32.2. The minimum atomic E-state index is -3.83. The molecule has 2 N–H and O–H groups in total. The molecule has 0 unspecified atom stereocenters. The Balaban J connectivity index is 1.78. The van der Waals surface area contributed by atoms with Gasteiger partial charge < -0.3 is 14.8 Å². The van der Waals surface area contributed by atoms with Crippen LogP contribution in [0.3, 0.4) is 0 Å². The first kappa shape index (κ1) is 21.2. The number of carbonyl (C=O) groups excluding carboxylic acids is 1. The quantitative estimate of drug-likeness (QED) is 0.594. The summed E-state index contributed by atoms with van der Waals surface area (Å²) in [6.45, 7) is 1.86. The predicted molar refractivity (Wildman–Crippen MR) is 116 cm³/mol. The molecule has 0 saturated heterocycles. The molecule has 1 amide bonds. The van der Waals surface area contributed by atoms with Crippen molar-refractivity contribution in [3.63, 3.8) is 0 Å². The van der Waals surface area contributed by atoms with Crippen LogP contribution in [0.5, 0.6) is 11.5 Å². The Kier molecular flexibility index (Phi) is 6.27. The first-order valence-electron chi connectivity index (χ1n) is 9.06. The number of benzene rings is 3. The standard InChI is InChI=1S/C22H22N2O5S/c1-15-8-13-21(29-3)19(14-15)24-30(26,27)17-11-9-16(10-12-17)23-22(25)18-6-4-5-7-20(18)28-2/h4-14,24H,1-3H3,(H,23,25). The third-order valence-electron chi connectivity index (χ3n) is 4.37. The van der Waals surface area contributed by atoms with E-state index in [1.807, 2.05) is 13.0 Å². The lowest BCUT2D eigenvalue weighted by atomic mass is 10.2. The Bertz CT molecular complexity index is 1160. The fraction of sp³-hybridized carbons (Fsp3) is 0.136. The molecule has 0 saturated carbocycles. The van der Waals surface area contributed by atoms with Gasteiger partial charge in [0.25, 0.3) is 15.9 Å². The lowest BCUT2D eigenvalue weighted by molar-refractivity contribution is 0.102. The van der Waals surface area contributed by atoms with Crippen molar-refractivity contribution in [1.29, 1.82) is 0 Å². The molecule has 0 bridgehead atoms. The highest BCUT2D eigenvalue weighted by Crippen LogP contribution is 2.28. The fourth-order valence-electron chi connectivity index (χ4n) is 2.85. The van der Waals surface area contributed by atoms with Crippen molar-refractivity contribution in [2.24, 2.45) is 0 Å². The van der Waals surface area contributed by atoms with Crippen LogP contribution in [0, 0.1) is 6.92 Å². The zero-order valence-corrected chi connectivity index (χ0v) is 17.6. The molecule has 7 nitrogen and oxygen atoms in total. The molecule has 0 aliphatic heterocycles. The van der Waals surface area contributed by atoms with Gasteiger partial charge in [0, 0.05) is 5.69 Å². The molecule has 3 rings (SSSR count). The van der Waals surface area contributed by atoms with Crippen LogP contribution in [0.1, 0.15) is 15.9 Å². The molecule has 0 heterocycles. The molecule has 0 aliphatic rings. The summed E-state index contributed by atoms with van der Waals surface area (Å²) in [4.78, 5) is 12.5. The molecule has 0 atom stereocenters. The van der Waals surface area contributed by atoms with E-state index < -0.39 is 10.0 Å². The molecule has 0 aromatic heterocycles. The zero-order valence-electron chi connectivity index (χ0n) is 16.8. The smallest absolute Gasteiger partial charge is 0.262 e. The van der Waals surface area contributed by atoms with E-state index in [-0.39, 0.29) is 10.8 Å². The number of aryl methyl sites for hydroxylation is 1. The van der Waals surface area contributed by atoms with E-state index in [0.717, 1.165) is 5.56 Å². The number of amides is 1. The van der Waals surface area contributed by atoms with E-state index in [2.05, 4.69) is 10.0 Å². The summed E-state index contributed by atoms with van der Waals surface area (Å²) in [6, 6.07) is 17.9.